The Morgan fingerprint density at radius 2 is 1.32 bits per heavy atom. The van der Waals surface area contributed by atoms with Crippen molar-refractivity contribution in [3.8, 4) is 0 Å². The number of hydrogen-bond acceptors (Lipinski definition) is 15. The number of aliphatic hydroxyl groups is 1. The number of amides is 3. The average molecular weight is 1060 g/mol. The van der Waals surface area contributed by atoms with Crippen molar-refractivity contribution in [2.45, 2.75) is 131 Å². The van der Waals surface area contributed by atoms with Gasteiger partial charge in [0.2, 0.25) is 17.7 Å². The molecule has 2 aliphatic heterocycles. The van der Waals surface area contributed by atoms with E-state index in [1.165, 1.54) is 0 Å². The van der Waals surface area contributed by atoms with E-state index in [0.29, 0.717) is 78.8 Å². The third kappa shape index (κ3) is 23.2. The Balaban J connectivity index is 0.0000193. The molecule has 18 heteroatoms. The van der Waals surface area contributed by atoms with Gasteiger partial charge in [-0.3, -0.25) is 28.9 Å². The number of hydrogen-bond donors (Lipinski definition) is 3. The third-order valence-corrected chi connectivity index (χ3v) is 14.8. The maximum atomic E-state index is 14.6. The standard InChI is InChI=1S/C56H97N5O13.CH4/c1-11-42(6)53(59(8)56(67)46(40(2)3)38-49(64)52(41(4)5)60-23-19-57-20-24-60)50(68-9)39-51(65)61-22-15-18-47(61)54(69-10)43(7)48(63)37-45(36-44-16-13-12-14-17-44)55(66)58-21-26-70-28-30-72-32-34-74-35-33-73-31-29-71-27-25-62;/h12-14,16-17,40-43,45-47,50,52-54,57,62H,11,15,18-39H2,1-10H3,(H,58,66);1H4/t42-,43-,45+,46-,47-,50+,52-,53-,54+;/m0./s1. The number of benzene rings is 1. The fraction of sp³-hybridized carbons (Fsp3) is 0.807. The van der Waals surface area contributed by atoms with Gasteiger partial charge in [-0.25, -0.2) is 0 Å². The summed E-state index contributed by atoms with van der Waals surface area (Å²) in [7, 11) is 4.94. The van der Waals surface area contributed by atoms with Crippen LogP contribution in [0.3, 0.4) is 0 Å². The molecule has 2 heterocycles. The van der Waals surface area contributed by atoms with E-state index in [2.05, 4.69) is 43.2 Å². The second-order valence-electron chi connectivity index (χ2n) is 20.7. The molecule has 0 radical (unpaired) electrons. The van der Waals surface area contributed by atoms with Gasteiger partial charge in [-0.1, -0.05) is 92.6 Å². The molecule has 0 aromatic heterocycles. The first-order chi connectivity index (χ1) is 35.6. The van der Waals surface area contributed by atoms with E-state index in [1.54, 1.807) is 26.2 Å². The highest BCUT2D eigenvalue weighted by molar-refractivity contribution is 5.90. The second-order valence-corrected chi connectivity index (χ2v) is 20.7. The first-order valence-electron chi connectivity index (χ1n) is 27.5. The molecule has 0 aliphatic carbocycles. The van der Waals surface area contributed by atoms with Gasteiger partial charge in [-0.2, -0.15) is 0 Å². The van der Waals surface area contributed by atoms with Crippen LogP contribution in [0.15, 0.2) is 30.3 Å². The quantitative estimate of drug-likeness (QED) is 0.0762. The molecule has 1 aromatic carbocycles. The van der Waals surface area contributed by atoms with Crippen molar-refractivity contribution in [3.05, 3.63) is 35.9 Å². The number of carbonyl (C=O) groups is 5. The molecule has 2 saturated heterocycles. The molecule has 18 nitrogen and oxygen atoms in total. The highest BCUT2D eigenvalue weighted by Crippen LogP contribution is 2.32. The van der Waals surface area contributed by atoms with Crippen molar-refractivity contribution in [3.63, 3.8) is 0 Å². The van der Waals surface area contributed by atoms with E-state index in [-0.39, 0.29) is 106 Å². The lowest BCUT2D eigenvalue weighted by atomic mass is 9.83. The maximum Gasteiger partial charge on any atom is 0.226 e. The van der Waals surface area contributed by atoms with Gasteiger partial charge in [0, 0.05) is 91.1 Å². The summed E-state index contributed by atoms with van der Waals surface area (Å²) in [6.45, 7) is 21.9. The van der Waals surface area contributed by atoms with Crippen molar-refractivity contribution in [1.82, 2.24) is 25.3 Å². The number of ketones is 2. The number of ether oxygens (including phenoxy) is 7. The molecule has 3 rings (SSSR count). The lowest BCUT2D eigenvalue weighted by Gasteiger charge is -2.41. The number of carbonyl (C=O) groups excluding carboxylic acids is 5. The zero-order valence-electron chi connectivity index (χ0n) is 46.9. The number of aliphatic hydroxyl groups excluding tert-OH is 1. The maximum absolute atomic E-state index is 14.6. The van der Waals surface area contributed by atoms with Crippen molar-refractivity contribution in [1.29, 1.82) is 0 Å². The molecule has 0 unspecified atom stereocenters. The zero-order valence-corrected chi connectivity index (χ0v) is 46.9. The monoisotopic (exact) mass is 1060 g/mol. The van der Waals surface area contributed by atoms with Crippen LogP contribution in [-0.4, -0.2) is 213 Å². The van der Waals surface area contributed by atoms with Gasteiger partial charge in [0.15, 0.2) is 5.78 Å². The van der Waals surface area contributed by atoms with Gasteiger partial charge >= 0.3 is 0 Å². The smallest absolute Gasteiger partial charge is 0.226 e. The van der Waals surface area contributed by atoms with Gasteiger partial charge in [-0.15, -0.1) is 0 Å². The molecule has 2 fully saturated rings. The average Bonchev–Trinajstić information content (AvgIpc) is 3.88. The summed E-state index contributed by atoms with van der Waals surface area (Å²) >= 11 is 0. The minimum Gasteiger partial charge on any atom is -0.394 e. The number of nitrogens with zero attached hydrogens (tertiary/aromatic N) is 3. The molecule has 0 bridgehead atoms. The molecule has 432 valence electrons. The summed E-state index contributed by atoms with van der Waals surface area (Å²) in [6.07, 6.45) is 1.41. The van der Waals surface area contributed by atoms with Gasteiger partial charge in [0.05, 0.1) is 109 Å². The minimum atomic E-state index is -0.642. The van der Waals surface area contributed by atoms with Crippen LogP contribution in [0.1, 0.15) is 100.0 Å². The number of Topliss-reactive ketones (excluding diaryl/α,β-unsaturated/α-hetero) is 2. The van der Waals surface area contributed by atoms with Gasteiger partial charge in [0.1, 0.15) is 5.78 Å². The number of piperazine rings is 1. The zero-order chi connectivity index (χ0) is 54.4. The predicted molar refractivity (Wildman–Crippen MR) is 291 cm³/mol. The molecule has 0 saturated carbocycles. The lowest BCUT2D eigenvalue weighted by Crippen LogP contribution is -2.55. The first kappa shape index (κ1) is 67.7. The topological polar surface area (TPSA) is 204 Å². The second kappa shape index (κ2) is 38.2. The predicted octanol–water partition coefficient (Wildman–Crippen LogP) is 4.71. The van der Waals surface area contributed by atoms with Crippen molar-refractivity contribution in [2.24, 2.45) is 35.5 Å². The number of likely N-dealkylation sites (tertiary alicyclic amines) is 1. The summed E-state index contributed by atoms with van der Waals surface area (Å²) in [5.74, 6) is -2.34. The number of rotatable bonds is 40. The fourth-order valence-electron chi connectivity index (χ4n) is 10.5. The van der Waals surface area contributed by atoms with Crippen molar-refractivity contribution >= 4 is 29.3 Å². The van der Waals surface area contributed by atoms with E-state index >= 15 is 0 Å². The van der Waals surface area contributed by atoms with E-state index in [9.17, 15) is 24.0 Å². The van der Waals surface area contributed by atoms with E-state index < -0.39 is 36.0 Å². The van der Waals surface area contributed by atoms with Crippen LogP contribution in [0, 0.1) is 35.5 Å². The molecule has 75 heavy (non-hydrogen) atoms. The van der Waals surface area contributed by atoms with Gasteiger partial charge in [-0.05, 0) is 42.6 Å². The third-order valence-electron chi connectivity index (χ3n) is 14.8. The Kier molecular flexibility index (Phi) is 34.5. The fourth-order valence-corrected chi connectivity index (χ4v) is 10.5. The normalized spacial score (nSPS) is 18.4. The number of likely N-dealkylation sites (N-methyl/N-ethyl adjacent to an activating group) is 1. The number of nitrogens with one attached hydrogen (secondary N) is 2. The summed E-state index contributed by atoms with van der Waals surface area (Å²) in [5, 5.41) is 15.1. The Labute approximate surface area is 451 Å². The van der Waals surface area contributed by atoms with Crippen LogP contribution in [0.25, 0.3) is 0 Å². The first-order valence-corrected chi connectivity index (χ1v) is 27.5. The SMILES string of the molecule is C.CC[C@H](C)[C@@H]([C@@H](CC(=O)N1CCC[C@H]1[C@H](OC)[C@@H](C)C(=O)C[C@@H](Cc1ccccc1)C(=O)NCCOCCOCCOCCOCCOCCO)OC)N(C)C(=O)[C@@H](CC(=O)[C@H](C(C)C)N1CCNCC1)C(C)C. The van der Waals surface area contributed by atoms with Crippen LogP contribution < -0.4 is 10.6 Å². The van der Waals surface area contributed by atoms with Crippen molar-refractivity contribution in [2.75, 3.05) is 133 Å². The molecular formula is C57H101N5O13. The van der Waals surface area contributed by atoms with Crippen LogP contribution in [-0.2, 0) is 63.6 Å². The lowest BCUT2D eigenvalue weighted by molar-refractivity contribution is -0.149. The van der Waals surface area contributed by atoms with E-state index in [4.69, 9.17) is 38.3 Å². The summed E-state index contributed by atoms with van der Waals surface area (Å²) in [5.41, 5.74) is 0.937. The van der Waals surface area contributed by atoms with E-state index in [0.717, 1.165) is 44.6 Å². The highest BCUT2D eigenvalue weighted by atomic mass is 16.6. The molecule has 2 aliphatic rings. The minimum absolute atomic E-state index is 0. The Bertz CT molecular complexity index is 1740. The number of methoxy groups -OCH3 is 2. The largest absolute Gasteiger partial charge is 0.394 e. The molecule has 3 amide bonds. The Hall–Kier alpha value is -3.43. The summed E-state index contributed by atoms with van der Waals surface area (Å²) in [4.78, 5) is 77.1. The Morgan fingerprint density at radius 3 is 1.84 bits per heavy atom. The van der Waals surface area contributed by atoms with E-state index in [1.807, 2.05) is 56.0 Å². The summed E-state index contributed by atoms with van der Waals surface area (Å²) < 4.78 is 39.5. The van der Waals surface area contributed by atoms with Crippen molar-refractivity contribution < 1.29 is 62.2 Å². The molecular weight excluding hydrogens is 963 g/mol. The van der Waals surface area contributed by atoms with Crippen LogP contribution in [0.4, 0.5) is 0 Å². The molecule has 1 aromatic rings. The van der Waals surface area contributed by atoms with Gasteiger partial charge < -0.3 is 58.7 Å². The molecule has 3 N–H and O–H groups in total. The van der Waals surface area contributed by atoms with Crippen LogP contribution in [0.2, 0.25) is 0 Å². The van der Waals surface area contributed by atoms with Crippen LogP contribution in [0.5, 0.6) is 0 Å². The Morgan fingerprint density at radius 1 is 0.747 bits per heavy atom. The highest BCUT2D eigenvalue weighted by Gasteiger charge is 2.44. The van der Waals surface area contributed by atoms with Gasteiger partial charge in [0.25, 0.3) is 0 Å². The van der Waals surface area contributed by atoms with Crippen LogP contribution >= 0.6 is 0 Å². The molecule has 9 atom stereocenters. The molecule has 0 spiro atoms. The summed E-state index contributed by atoms with van der Waals surface area (Å²) in [6, 6.07) is 8.55.